The van der Waals surface area contributed by atoms with Crippen molar-refractivity contribution in [3.63, 3.8) is 0 Å². The fourth-order valence-corrected chi connectivity index (χ4v) is 1.05. The predicted molar refractivity (Wildman–Crippen MR) is 64.1 cm³/mol. The molecule has 0 aromatic rings. The number of carbonyl (C=O) groups excluding carboxylic acids is 2. The van der Waals surface area contributed by atoms with E-state index in [4.69, 9.17) is 4.74 Å². The van der Waals surface area contributed by atoms with Gasteiger partial charge in [0.1, 0.15) is 6.61 Å². The first-order valence-corrected chi connectivity index (χ1v) is 5.40. The summed E-state index contributed by atoms with van der Waals surface area (Å²) in [6.07, 6.45) is 5.94. The molecule has 0 aromatic carbocycles. The molecular weight excluding hydrogens is 204 g/mol. The summed E-state index contributed by atoms with van der Waals surface area (Å²) >= 11 is 0. The smallest absolute Gasteiger partial charge is 0.374 e. The quantitative estimate of drug-likeness (QED) is 0.396. The molecule has 0 saturated carbocycles. The summed E-state index contributed by atoms with van der Waals surface area (Å²) in [7, 11) is 0. The summed E-state index contributed by atoms with van der Waals surface area (Å²) < 4.78 is 4.72. The second-order valence-corrected chi connectivity index (χ2v) is 4.03. The maximum Gasteiger partial charge on any atom is 0.374 e. The monoisotopic (exact) mass is 224 g/mol. The average Bonchev–Trinajstić information content (AvgIpc) is 2.16. The Morgan fingerprint density at radius 1 is 1.06 bits per heavy atom. The van der Waals surface area contributed by atoms with Crippen molar-refractivity contribution in [1.82, 2.24) is 0 Å². The summed E-state index contributed by atoms with van der Waals surface area (Å²) in [4.78, 5) is 21.4. The number of esters is 1. The molecule has 0 spiro atoms. The number of ether oxygens (including phenoxy) is 1. The second kappa shape index (κ2) is 7.85. The Hall–Kier alpha value is -1.38. The van der Waals surface area contributed by atoms with Crippen molar-refractivity contribution in [2.45, 2.75) is 40.5 Å². The highest BCUT2D eigenvalue weighted by Crippen LogP contribution is 2.06. The van der Waals surface area contributed by atoms with E-state index >= 15 is 0 Å². The molecule has 0 aromatic heterocycles. The van der Waals surface area contributed by atoms with Crippen LogP contribution in [0, 0.1) is 0 Å². The summed E-state index contributed by atoms with van der Waals surface area (Å²) in [5.41, 5.74) is 2.46. The van der Waals surface area contributed by atoms with E-state index in [2.05, 4.69) is 19.9 Å². The molecule has 0 radical (unpaired) electrons. The third-order valence-corrected chi connectivity index (χ3v) is 2.02. The lowest BCUT2D eigenvalue weighted by Gasteiger charge is -2.00. The molecule has 0 aliphatic heterocycles. The van der Waals surface area contributed by atoms with Gasteiger partial charge in [-0.2, -0.15) is 0 Å². The molecule has 0 N–H and O–H groups in total. The third kappa shape index (κ3) is 7.97. The van der Waals surface area contributed by atoms with E-state index in [1.807, 2.05) is 13.0 Å². The minimum Gasteiger partial charge on any atom is -0.456 e. The Bertz CT molecular complexity index is 307. The highest BCUT2D eigenvalue weighted by atomic mass is 16.5. The Morgan fingerprint density at radius 2 is 1.69 bits per heavy atom. The Kier molecular flexibility index (Phi) is 7.18. The minimum atomic E-state index is -0.770. The van der Waals surface area contributed by atoms with Crippen LogP contribution in [0.5, 0.6) is 0 Å². The van der Waals surface area contributed by atoms with Crippen LogP contribution in [0.15, 0.2) is 23.3 Å². The largest absolute Gasteiger partial charge is 0.456 e. The van der Waals surface area contributed by atoms with Crippen LogP contribution in [-0.4, -0.2) is 18.4 Å². The van der Waals surface area contributed by atoms with Crippen molar-refractivity contribution >= 4 is 11.8 Å². The standard InChI is InChI=1S/C13H20O3/c1-10(2)6-5-7-11(3)8-9-16-13(15)12(4)14/h6,8H,5,7,9H2,1-4H3. The SMILES string of the molecule is CC(=O)C(=O)OCC=C(C)CCC=C(C)C. The average molecular weight is 224 g/mol. The maximum absolute atomic E-state index is 10.8. The number of carbonyl (C=O) groups is 2. The molecule has 3 nitrogen and oxygen atoms in total. The number of rotatable bonds is 6. The van der Waals surface area contributed by atoms with Gasteiger partial charge in [0.15, 0.2) is 0 Å². The fraction of sp³-hybridized carbons (Fsp3) is 0.538. The first kappa shape index (κ1) is 14.6. The summed E-state index contributed by atoms with van der Waals surface area (Å²) in [5, 5.41) is 0. The topological polar surface area (TPSA) is 43.4 Å². The fourth-order valence-electron chi connectivity index (χ4n) is 1.05. The van der Waals surface area contributed by atoms with Crippen LogP contribution in [0.2, 0.25) is 0 Å². The third-order valence-electron chi connectivity index (χ3n) is 2.02. The van der Waals surface area contributed by atoms with E-state index in [1.165, 1.54) is 12.5 Å². The van der Waals surface area contributed by atoms with Gasteiger partial charge in [0.25, 0.3) is 0 Å². The molecule has 0 unspecified atom stereocenters. The zero-order chi connectivity index (χ0) is 12.6. The van der Waals surface area contributed by atoms with Crippen LogP contribution < -0.4 is 0 Å². The number of allylic oxidation sites excluding steroid dienone is 3. The maximum atomic E-state index is 10.8. The molecule has 0 aliphatic rings. The van der Waals surface area contributed by atoms with E-state index in [0.29, 0.717) is 0 Å². The predicted octanol–water partition coefficient (Wildman–Crippen LogP) is 2.81. The van der Waals surface area contributed by atoms with Gasteiger partial charge in [0.05, 0.1) is 0 Å². The lowest BCUT2D eigenvalue weighted by Crippen LogP contribution is -2.13. The van der Waals surface area contributed by atoms with E-state index in [0.717, 1.165) is 18.4 Å². The van der Waals surface area contributed by atoms with Crippen LogP contribution >= 0.6 is 0 Å². The van der Waals surface area contributed by atoms with Gasteiger partial charge in [0, 0.05) is 6.92 Å². The van der Waals surface area contributed by atoms with E-state index in [9.17, 15) is 9.59 Å². The van der Waals surface area contributed by atoms with Gasteiger partial charge in [-0.25, -0.2) is 4.79 Å². The highest BCUT2D eigenvalue weighted by Gasteiger charge is 2.06. The van der Waals surface area contributed by atoms with Gasteiger partial charge in [0.2, 0.25) is 5.78 Å². The lowest BCUT2D eigenvalue weighted by molar-refractivity contribution is -0.152. The summed E-state index contributed by atoms with van der Waals surface area (Å²) in [6.45, 7) is 7.49. The molecular formula is C13H20O3. The van der Waals surface area contributed by atoms with E-state index < -0.39 is 11.8 Å². The molecule has 0 amide bonds. The molecule has 0 fully saturated rings. The van der Waals surface area contributed by atoms with Gasteiger partial charge in [-0.1, -0.05) is 17.2 Å². The number of Topliss-reactive ketones (excluding diaryl/α,β-unsaturated/α-hetero) is 1. The zero-order valence-corrected chi connectivity index (χ0v) is 10.5. The van der Waals surface area contributed by atoms with E-state index in [1.54, 1.807) is 0 Å². The normalized spacial score (nSPS) is 10.9. The van der Waals surface area contributed by atoms with Crippen LogP contribution in [0.1, 0.15) is 40.5 Å². The molecule has 3 heteroatoms. The van der Waals surface area contributed by atoms with Crippen molar-refractivity contribution in [3.05, 3.63) is 23.3 Å². The van der Waals surface area contributed by atoms with Crippen LogP contribution in [0.3, 0.4) is 0 Å². The molecule has 0 rings (SSSR count). The Balaban J connectivity index is 3.83. The lowest BCUT2D eigenvalue weighted by atomic mass is 10.1. The molecule has 0 atom stereocenters. The Labute approximate surface area is 97.2 Å². The van der Waals surface area contributed by atoms with Crippen molar-refractivity contribution in [3.8, 4) is 0 Å². The number of hydrogen-bond donors (Lipinski definition) is 0. The summed E-state index contributed by atoms with van der Waals surface area (Å²) in [5.74, 6) is -1.33. The molecule has 0 saturated heterocycles. The van der Waals surface area contributed by atoms with Gasteiger partial charge in [-0.15, -0.1) is 0 Å². The van der Waals surface area contributed by atoms with Gasteiger partial charge < -0.3 is 4.74 Å². The first-order chi connectivity index (χ1) is 7.43. The van der Waals surface area contributed by atoms with E-state index in [-0.39, 0.29) is 6.61 Å². The molecule has 0 bridgehead atoms. The van der Waals surface area contributed by atoms with Gasteiger partial charge in [-0.05, 0) is 39.7 Å². The molecule has 16 heavy (non-hydrogen) atoms. The van der Waals surface area contributed by atoms with Crippen molar-refractivity contribution in [2.75, 3.05) is 6.61 Å². The van der Waals surface area contributed by atoms with Gasteiger partial charge in [-0.3, -0.25) is 4.79 Å². The van der Waals surface area contributed by atoms with Crippen LogP contribution in [0.25, 0.3) is 0 Å². The number of ketones is 1. The molecule has 0 heterocycles. The molecule has 90 valence electrons. The van der Waals surface area contributed by atoms with Crippen molar-refractivity contribution < 1.29 is 14.3 Å². The number of hydrogen-bond acceptors (Lipinski definition) is 3. The summed E-state index contributed by atoms with van der Waals surface area (Å²) in [6, 6.07) is 0. The van der Waals surface area contributed by atoms with Gasteiger partial charge >= 0.3 is 5.97 Å². The van der Waals surface area contributed by atoms with Crippen molar-refractivity contribution in [1.29, 1.82) is 0 Å². The highest BCUT2D eigenvalue weighted by molar-refractivity contribution is 6.32. The Morgan fingerprint density at radius 3 is 2.19 bits per heavy atom. The van der Waals surface area contributed by atoms with Crippen molar-refractivity contribution in [2.24, 2.45) is 0 Å². The zero-order valence-electron chi connectivity index (χ0n) is 10.5. The van der Waals surface area contributed by atoms with Crippen LogP contribution in [0.4, 0.5) is 0 Å². The minimum absolute atomic E-state index is 0.180. The molecule has 0 aliphatic carbocycles. The second-order valence-electron chi connectivity index (χ2n) is 4.03. The van der Waals surface area contributed by atoms with Crippen LogP contribution in [-0.2, 0) is 14.3 Å². The first-order valence-electron chi connectivity index (χ1n) is 5.40.